The van der Waals surface area contributed by atoms with E-state index in [1.165, 1.54) is 17.0 Å². The number of amides is 3. The lowest BCUT2D eigenvalue weighted by Crippen LogP contribution is -2.59. The van der Waals surface area contributed by atoms with Gasteiger partial charge in [0, 0.05) is 44.9 Å². The average molecular weight is 497 g/mol. The third-order valence-electron chi connectivity index (χ3n) is 6.59. The van der Waals surface area contributed by atoms with Crippen molar-refractivity contribution in [3.8, 4) is 0 Å². The van der Waals surface area contributed by atoms with Gasteiger partial charge in [0.25, 0.3) is 0 Å². The lowest BCUT2D eigenvalue weighted by molar-refractivity contribution is -0.134. The predicted molar refractivity (Wildman–Crippen MR) is 128 cm³/mol. The van der Waals surface area contributed by atoms with Crippen LogP contribution in [0.15, 0.2) is 18.2 Å². The Labute approximate surface area is 206 Å². The second-order valence-corrected chi connectivity index (χ2v) is 9.43. The van der Waals surface area contributed by atoms with Gasteiger partial charge in [-0.25, -0.2) is 13.6 Å². The molecule has 3 N–H and O–H groups in total. The minimum Gasteiger partial charge on any atom is -0.389 e. The molecular weight excluding hydrogens is 458 g/mol. The van der Waals surface area contributed by atoms with Gasteiger partial charge in [0.1, 0.15) is 18.2 Å². The van der Waals surface area contributed by atoms with Gasteiger partial charge in [-0.15, -0.1) is 0 Å². The van der Waals surface area contributed by atoms with Crippen molar-refractivity contribution in [2.24, 2.45) is 0 Å². The minimum absolute atomic E-state index is 0.0326. The number of carbonyl (C=O) groups is 2. The van der Waals surface area contributed by atoms with Crippen molar-refractivity contribution in [1.82, 2.24) is 20.4 Å². The van der Waals surface area contributed by atoms with Gasteiger partial charge >= 0.3 is 6.03 Å². The molecule has 2 aliphatic heterocycles. The van der Waals surface area contributed by atoms with Gasteiger partial charge in [0.05, 0.1) is 18.2 Å². The fourth-order valence-corrected chi connectivity index (χ4v) is 4.67. The number of unbranched alkanes of at least 4 members (excludes halogenated alkanes) is 1. The number of nitrogens with one attached hydrogen (secondary N) is 2. The Kier molecular flexibility index (Phi) is 10.2. The highest BCUT2D eigenvalue weighted by molar-refractivity contribution is 5.85. The van der Waals surface area contributed by atoms with Gasteiger partial charge < -0.3 is 30.3 Å². The molecule has 0 aromatic heterocycles. The molecule has 1 aromatic carbocycles. The van der Waals surface area contributed by atoms with E-state index >= 15 is 0 Å². The van der Waals surface area contributed by atoms with Crippen molar-refractivity contribution >= 4 is 11.9 Å². The van der Waals surface area contributed by atoms with Crippen LogP contribution in [0, 0.1) is 11.6 Å². The summed E-state index contributed by atoms with van der Waals surface area (Å²) < 4.78 is 33.5. The zero-order valence-corrected chi connectivity index (χ0v) is 20.6. The summed E-state index contributed by atoms with van der Waals surface area (Å²) in [7, 11) is 0. The second-order valence-electron chi connectivity index (χ2n) is 9.43. The van der Waals surface area contributed by atoms with Crippen molar-refractivity contribution in [3.63, 3.8) is 0 Å². The molecule has 0 aliphatic carbocycles. The maximum Gasteiger partial charge on any atom is 0.318 e. The Morgan fingerprint density at radius 1 is 1.23 bits per heavy atom. The third-order valence-corrected chi connectivity index (χ3v) is 6.59. The Morgan fingerprint density at radius 3 is 2.63 bits per heavy atom. The fourth-order valence-electron chi connectivity index (χ4n) is 4.67. The summed E-state index contributed by atoms with van der Waals surface area (Å²) in [5, 5.41) is 17.3. The summed E-state index contributed by atoms with van der Waals surface area (Å²) in [5.41, 5.74) is 0.324. The lowest BCUT2D eigenvalue weighted by Gasteiger charge is -2.36. The highest BCUT2D eigenvalue weighted by atomic mass is 19.1. The molecule has 0 radical (unpaired) electrons. The number of halogens is 2. The van der Waals surface area contributed by atoms with E-state index in [4.69, 9.17) is 4.74 Å². The van der Waals surface area contributed by atoms with E-state index in [0.29, 0.717) is 44.8 Å². The van der Waals surface area contributed by atoms with Gasteiger partial charge in [-0.05, 0) is 43.4 Å². The number of hydrogen-bond acceptors (Lipinski definition) is 5. The van der Waals surface area contributed by atoms with Crippen molar-refractivity contribution in [2.75, 3.05) is 39.3 Å². The maximum absolute atomic E-state index is 13.8. The highest BCUT2D eigenvalue weighted by Gasteiger charge is 2.36. The molecule has 0 saturated carbocycles. The van der Waals surface area contributed by atoms with E-state index in [0.717, 1.165) is 25.3 Å². The number of benzene rings is 1. The zero-order chi connectivity index (χ0) is 25.4. The standard InChI is InChI=1S/C25H38F2N4O4/c1-3-5-9-35-20-14-21(28-15-20)24(33)22(12-17-10-18(26)13-19(27)11-17)29-25(34)31-8-7-30(6-4-2)23(32)16-31/h10-11,13,20-22,24,28,33H,3-9,12,14-16H2,1-2H3,(H,29,34)/t20-,21-,22+,24-/m1/s1. The SMILES string of the molecule is CCCCO[C@H]1CN[C@@H]([C@@H](O)[C@H](Cc2cc(F)cc(F)c2)NC(=O)N2CCN(CCC)C(=O)C2)C1. The normalized spacial score (nSPS) is 22.4. The topological polar surface area (TPSA) is 94.1 Å². The lowest BCUT2D eigenvalue weighted by atomic mass is 9.95. The number of ether oxygens (including phenoxy) is 1. The van der Waals surface area contributed by atoms with Crippen LogP contribution in [-0.4, -0.2) is 90.5 Å². The molecule has 2 heterocycles. The number of rotatable bonds is 11. The Hall–Kier alpha value is -2.30. The molecule has 0 spiro atoms. The van der Waals surface area contributed by atoms with Gasteiger partial charge in [-0.3, -0.25) is 4.79 Å². The number of aliphatic hydroxyl groups excluding tert-OH is 1. The van der Waals surface area contributed by atoms with E-state index in [2.05, 4.69) is 17.6 Å². The number of aliphatic hydroxyl groups is 1. The Morgan fingerprint density at radius 2 is 1.97 bits per heavy atom. The van der Waals surface area contributed by atoms with Gasteiger partial charge in [-0.2, -0.15) is 0 Å². The first kappa shape index (κ1) is 27.3. The maximum atomic E-state index is 13.8. The van der Waals surface area contributed by atoms with Crippen molar-refractivity contribution in [2.45, 2.75) is 70.2 Å². The molecule has 4 atom stereocenters. The zero-order valence-electron chi connectivity index (χ0n) is 20.6. The average Bonchev–Trinajstić information content (AvgIpc) is 3.28. The van der Waals surface area contributed by atoms with E-state index < -0.39 is 29.8 Å². The van der Waals surface area contributed by atoms with Gasteiger partial charge in [0.2, 0.25) is 5.91 Å². The smallest absolute Gasteiger partial charge is 0.318 e. The summed E-state index contributed by atoms with van der Waals surface area (Å²) in [5.74, 6) is -1.57. The summed E-state index contributed by atoms with van der Waals surface area (Å²) in [6.45, 7) is 6.73. The Balaban J connectivity index is 1.68. The predicted octanol–water partition coefficient (Wildman–Crippen LogP) is 2.05. The molecule has 3 amide bonds. The van der Waals surface area contributed by atoms with Crippen LogP contribution in [0.2, 0.25) is 0 Å². The number of hydrogen-bond donors (Lipinski definition) is 3. The molecule has 8 nitrogen and oxygen atoms in total. The van der Waals surface area contributed by atoms with Crippen LogP contribution in [0.4, 0.5) is 13.6 Å². The first-order chi connectivity index (χ1) is 16.8. The highest BCUT2D eigenvalue weighted by Crippen LogP contribution is 2.20. The molecule has 10 heteroatoms. The molecule has 2 aliphatic rings. The first-order valence-electron chi connectivity index (χ1n) is 12.6. The third kappa shape index (κ3) is 7.85. The summed E-state index contributed by atoms with van der Waals surface area (Å²) in [4.78, 5) is 28.6. The van der Waals surface area contributed by atoms with Crippen LogP contribution in [0.1, 0.15) is 45.1 Å². The van der Waals surface area contributed by atoms with Crippen molar-refractivity contribution in [1.29, 1.82) is 0 Å². The Bertz CT molecular complexity index is 839. The summed E-state index contributed by atoms with van der Waals surface area (Å²) in [6.07, 6.45) is 2.34. The monoisotopic (exact) mass is 496 g/mol. The molecule has 0 unspecified atom stereocenters. The largest absolute Gasteiger partial charge is 0.389 e. The number of urea groups is 1. The van der Waals surface area contributed by atoms with E-state index in [1.807, 2.05) is 6.92 Å². The van der Waals surface area contributed by atoms with Gasteiger partial charge in [-0.1, -0.05) is 20.3 Å². The van der Waals surface area contributed by atoms with Crippen molar-refractivity contribution < 1.29 is 28.2 Å². The van der Waals surface area contributed by atoms with Crippen molar-refractivity contribution in [3.05, 3.63) is 35.4 Å². The quantitative estimate of drug-likeness (QED) is 0.408. The molecule has 196 valence electrons. The number of nitrogens with zero attached hydrogens (tertiary/aromatic N) is 2. The first-order valence-corrected chi connectivity index (χ1v) is 12.6. The summed E-state index contributed by atoms with van der Waals surface area (Å²) >= 11 is 0. The molecule has 2 fully saturated rings. The number of carbonyl (C=O) groups excluding carboxylic acids is 2. The molecular formula is C25H38F2N4O4. The van der Waals surface area contributed by atoms with Crippen LogP contribution in [0.3, 0.4) is 0 Å². The molecule has 2 saturated heterocycles. The van der Waals surface area contributed by atoms with Crippen LogP contribution >= 0.6 is 0 Å². The summed E-state index contributed by atoms with van der Waals surface area (Å²) in [6, 6.07) is 1.52. The molecule has 3 rings (SSSR count). The van der Waals surface area contributed by atoms with E-state index in [9.17, 15) is 23.5 Å². The fraction of sp³-hybridized carbons (Fsp3) is 0.680. The van der Waals surface area contributed by atoms with Crippen LogP contribution in [-0.2, 0) is 16.0 Å². The second kappa shape index (κ2) is 13.1. The number of piperazine rings is 1. The van der Waals surface area contributed by atoms with Crippen LogP contribution < -0.4 is 10.6 Å². The minimum atomic E-state index is -1.03. The molecule has 0 bridgehead atoms. The van der Waals surface area contributed by atoms with Crippen LogP contribution in [0.5, 0.6) is 0 Å². The molecule has 35 heavy (non-hydrogen) atoms. The van der Waals surface area contributed by atoms with E-state index in [1.54, 1.807) is 4.90 Å². The van der Waals surface area contributed by atoms with Crippen LogP contribution in [0.25, 0.3) is 0 Å². The van der Waals surface area contributed by atoms with Gasteiger partial charge in [0.15, 0.2) is 0 Å². The van der Waals surface area contributed by atoms with E-state index in [-0.39, 0.29) is 31.0 Å². The molecule has 1 aromatic rings.